The van der Waals surface area contributed by atoms with Crippen molar-refractivity contribution in [1.82, 2.24) is 0 Å². The molecular weight excluding hydrogens is 326 g/mol. The molecule has 3 rings (SSSR count). The van der Waals surface area contributed by atoms with Crippen LogP contribution in [0, 0.1) is 0 Å². The van der Waals surface area contributed by atoms with Crippen molar-refractivity contribution < 1.29 is 14.3 Å². The number of rotatable bonds is 4. The summed E-state index contributed by atoms with van der Waals surface area (Å²) < 4.78 is 5.29. The van der Waals surface area contributed by atoms with Gasteiger partial charge in [-0.3, -0.25) is 4.79 Å². The number of ether oxygens (including phenoxy) is 1. The second-order valence-electron chi connectivity index (χ2n) is 7.31. The fourth-order valence-corrected chi connectivity index (χ4v) is 2.97. The normalized spacial score (nSPS) is 14.1. The Kier molecular flexibility index (Phi) is 4.94. The van der Waals surface area contributed by atoms with Gasteiger partial charge in [-0.05, 0) is 44.4 Å². The van der Waals surface area contributed by atoms with Crippen molar-refractivity contribution in [2.45, 2.75) is 32.8 Å². The maximum atomic E-state index is 12.9. The van der Waals surface area contributed by atoms with Gasteiger partial charge in [-0.1, -0.05) is 48.5 Å². The minimum atomic E-state index is -0.833. The molecule has 0 aromatic heterocycles. The molecule has 0 atom stereocenters. The quantitative estimate of drug-likeness (QED) is 0.475. The monoisotopic (exact) mass is 349 g/mol. The van der Waals surface area contributed by atoms with E-state index in [9.17, 15) is 9.59 Å². The molecular formula is C22H23NO3. The van der Waals surface area contributed by atoms with Crippen LogP contribution < -0.4 is 4.90 Å². The summed E-state index contributed by atoms with van der Waals surface area (Å²) in [5, 5.41) is 0. The number of carbonyl (C=O) groups is 2. The Hall–Kier alpha value is -2.88. The fraction of sp³-hybridized carbons (Fsp3) is 0.273. The van der Waals surface area contributed by atoms with E-state index in [0.717, 1.165) is 18.7 Å². The molecule has 0 aliphatic carbocycles. The molecule has 26 heavy (non-hydrogen) atoms. The molecule has 0 N–H and O–H groups in total. The number of ketones is 1. The zero-order chi connectivity index (χ0) is 18.7. The lowest BCUT2D eigenvalue weighted by molar-refractivity contribution is -0.160. The molecule has 2 aromatic carbocycles. The molecule has 0 spiro atoms. The number of anilines is 1. The minimum absolute atomic E-state index is 0.344. The second-order valence-corrected chi connectivity index (χ2v) is 7.31. The number of hydrogen-bond acceptors (Lipinski definition) is 4. The summed E-state index contributed by atoms with van der Waals surface area (Å²) in [5.74, 6) is -1.46. The van der Waals surface area contributed by atoms with Gasteiger partial charge in [0.1, 0.15) is 5.60 Å². The summed E-state index contributed by atoms with van der Waals surface area (Å²) in [5.41, 5.74) is 2.64. The maximum Gasteiger partial charge on any atom is 0.380 e. The first-order valence-electron chi connectivity index (χ1n) is 8.74. The van der Waals surface area contributed by atoms with Gasteiger partial charge < -0.3 is 9.64 Å². The molecule has 4 nitrogen and oxygen atoms in total. The first-order chi connectivity index (χ1) is 12.3. The van der Waals surface area contributed by atoms with Crippen LogP contribution in [0.25, 0.3) is 5.57 Å². The topological polar surface area (TPSA) is 46.6 Å². The van der Waals surface area contributed by atoms with Gasteiger partial charge in [0, 0.05) is 18.4 Å². The Bertz CT molecular complexity index is 847. The maximum absolute atomic E-state index is 12.9. The number of benzene rings is 2. The van der Waals surface area contributed by atoms with E-state index in [-0.39, 0.29) is 0 Å². The molecule has 0 bridgehead atoms. The van der Waals surface area contributed by atoms with Crippen LogP contribution >= 0.6 is 0 Å². The van der Waals surface area contributed by atoms with Gasteiger partial charge in [-0.25, -0.2) is 4.79 Å². The largest absolute Gasteiger partial charge is 0.454 e. The highest BCUT2D eigenvalue weighted by Crippen LogP contribution is 2.30. The molecule has 1 aliphatic rings. The van der Waals surface area contributed by atoms with Crippen molar-refractivity contribution in [2.24, 2.45) is 0 Å². The van der Waals surface area contributed by atoms with Crippen LogP contribution in [-0.2, 0) is 20.7 Å². The van der Waals surface area contributed by atoms with Gasteiger partial charge in [0.05, 0.1) is 5.57 Å². The van der Waals surface area contributed by atoms with E-state index < -0.39 is 17.4 Å². The number of para-hydroxylation sites is 1. The lowest BCUT2D eigenvalue weighted by Crippen LogP contribution is -2.30. The average Bonchev–Trinajstić information content (AvgIpc) is 3.01. The third kappa shape index (κ3) is 4.02. The zero-order valence-corrected chi connectivity index (χ0v) is 15.4. The number of carbonyl (C=O) groups excluding carboxylic acids is 2. The number of hydrogen-bond donors (Lipinski definition) is 0. The highest BCUT2D eigenvalue weighted by molar-refractivity contribution is 6.51. The smallest absolute Gasteiger partial charge is 0.380 e. The van der Waals surface area contributed by atoms with E-state index in [2.05, 4.69) is 6.07 Å². The van der Waals surface area contributed by atoms with E-state index in [1.165, 1.54) is 5.56 Å². The molecule has 0 saturated heterocycles. The highest BCUT2D eigenvalue weighted by Gasteiger charge is 2.28. The molecule has 0 radical (unpaired) electrons. The summed E-state index contributed by atoms with van der Waals surface area (Å²) in [6.45, 7) is 6.03. The van der Waals surface area contributed by atoms with E-state index >= 15 is 0 Å². The van der Waals surface area contributed by atoms with Crippen molar-refractivity contribution in [3.05, 3.63) is 71.9 Å². The molecule has 134 valence electrons. The van der Waals surface area contributed by atoms with Crippen molar-refractivity contribution in [3.63, 3.8) is 0 Å². The van der Waals surface area contributed by atoms with Crippen LogP contribution in [0.2, 0.25) is 0 Å². The van der Waals surface area contributed by atoms with E-state index in [1.54, 1.807) is 27.0 Å². The molecule has 1 heterocycles. The summed E-state index contributed by atoms with van der Waals surface area (Å²) in [7, 11) is 0. The highest BCUT2D eigenvalue weighted by atomic mass is 16.6. The summed E-state index contributed by atoms with van der Waals surface area (Å²) >= 11 is 0. The van der Waals surface area contributed by atoms with Crippen molar-refractivity contribution in [3.8, 4) is 0 Å². The predicted octanol–water partition coefficient (Wildman–Crippen LogP) is 4.00. The first-order valence-corrected chi connectivity index (χ1v) is 8.74. The standard InChI is InChI=1S/C22H23NO3/c1-22(2,3)26-21(25)20(24)18(16-9-5-4-6-10-16)15-23-14-13-17-11-7-8-12-19(17)23/h4-12,15H,13-14H2,1-3H3/b18-15+. The number of esters is 1. The second kappa shape index (κ2) is 7.16. The van der Waals surface area contributed by atoms with Crippen LogP contribution in [0.15, 0.2) is 60.8 Å². The van der Waals surface area contributed by atoms with Gasteiger partial charge in [0.2, 0.25) is 0 Å². The number of nitrogens with zero attached hydrogens (tertiary/aromatic N) is 1. The third-order valence-electron chi connectivity index (χ3n) is 4.12. The van der Waals surface area contributed by atoms with Crippen LogP contribution in [0.1, 0.15) is 31.9 Å². The Morgan fingerprint density at radius 1 is 1.00 bits per heavy atom. The van der Waals surface area contributed by atoms with Crippen LogP contribution in [-0.4, -0.2) is 23.9 Å². The molecule has 0 fully saturated rings. The Labute approximate surface area is 154 Å². The van der Waals surface area contributed by atoms with Crippen LogP contribution in [0.3, 0.4) is 0 Å². The summed E-state index contributed by atoms with van der Waals surface area (Å²) in [6, 6.07) is 17.3. The van der Waals surface area contributed by atoms with Gasteiger partial charge in [0.25, 0.3) is 5.78 Å². The number of Topliss-reactive ketones (excluding diaryl/α,β-unsaturated/α-hetero) is 1. The SMILES string of the molecule is CC(C)(C)OC(=O)C(=O)/C(=C/N1CCc2ccccc21)c1ccccc1. The summed E-state index contributed by atoms with van der Waals surface area (Å²) in [4.78, 5) is 27.2. The van der Waals surface area contributed by atoms with Gasteiger partial charge in [-0.2, -0.15) is 0 Å². The van der Waals surface area contributed by atoms with Gasteiger partial charge in [-0.15, -0.1) is 0 Å². The third-order valence-corrected chi connectivity index (χ3v) is 4.12. The van der Waals surface area contributed by atoms with E-state index in [1.807, 2.05) is 53.4 Å². The molecule has 0 unspecified atom stereocenters. The number of fused-ring (bicyclic) bond motifs is 1. The van der Waals surface area contributed by atoms with Gasteiger partial charge >= 0.3 is 5.97 Å². The Morgan fingerprint density at radius 2 is 1.65 bits per heavy atom. The minimum Gasteiger partial charge on any atom is -0.454 e. The first kappa shape index (κ1) is 17.9. The zero-order valence-electron chi connectivity index (χ0n) is 15.4. The molecule has 4 heteroatoms. The lowest BCUT2D eigenvalue weighted by Gasteiger charge is -2.20. The molecule has 0 amide bonds. The fourth-order valence-electron chi connectivity index (χ4n) is 2.97. The predicted molar refractivity (Wildman–Crippen MR) is 103 cm³/mol. The molecule has 2 aromatic rings. The van der Waals surface area contributed by atoms with Gasteiger partial charge in [0.15, 0.2) is 0 Å². The molecule has 0 saturated carbocycles. The van der Waals surface area contributed by atoms with Crippen molar-refractivity contribution in [1.29, 1.82) is 0 Å². The summed E-state index contributed by atoms with van der Waals surface area (Å²) in [6.07, 6.45) is 2.68. The van der Waals surface area contributed by atoms with Crippen molar-refractivity contribution in [2.75, 3.05) is 11.4 Å². The van der Waals surface area contributed by atoms with Crippen LogP contribution in [0.5, 0.6) is 0 Å². The lowest BCUT2D eigenvalue weighted by atomic mass is 10.0. The Morgan fingerprint density at radius 3 is 2.35 bits per heavy atom. The van der Waals surface area contributed by atoms with E-state index in [4.69, 9.17) is 4.74 Å². The van der Waals surface area contributed by atoms with Crippen LogP contribution in [0.4, 0.5) is 5.69 Å². The average molecular weight is 349 g/mol. The van der Waals surface area contributed by atoms with E-state index in [0.29, 0.717) is 11.1 Å². The van der Waals surface area contributed by atoms with Crippen molar-refractivity contribution >= 4 is 23.0 Å². The molecule has 1 aliphatic heterocycles. The Balaban J connectivity index is 1.98.